The van der Waals surface area contributed by atoms with Crippen LogP contribution in [0.15, 0.2) is 18.2 Å². The summed E-state index contributed by atoms with van der Waals surface area (Å²) >= 11 is 0. The predicted octanol–water partition coefficient (Wildman–Crippen LogP) is 2.03. The fourth-order valence-electron chi connectivity index (χ4n) is 6.66. The Balaban J connectivity index is 1.60. The zero-order valence-electron chi connectivity index (χ0n) is 20.7. The van der Waals surface area contributed by atoms with E-state index in [4.69, 9.17) is 9.47 Å². The summed E-state index contributed by atoms with van der Waals surface area (Å²) in [4.78, 5) is 24.0. The Labute approximate surface area is 213 Å². The minimum absolute atomic E-state index is 0.0322. The number of carboxylic acids is 1. The van der Waals surface area contributed by atoms with Gasteiger partial charge in [0.25, 0.3) is 0 Å². The Morgan fingerprint density at radius 1 is 1.05 bits per heavy atom. The summed E-state index contributed by atoms with van der Waals surface area (Å²) in [6.45, 7) is 2.90. The van der Waals surface area contributed by atoms with Gasteiger partial charge in [-0.15, -0.1) is 0 Å². The summed E-state index contributed by atoms with van der Waals surface area (Å²) in [5.41, 5.74) is -3.06. The highest BCUT2D eigenvalue weighted by molar-refractivity contribution is 6.08. The molecule has 0 radical (unpaired) electrons. The molecule has 6 N–H and O–H groups in total. The predicted molar refractivity (Wildman–Crippen MR) is 130 cm³/mol. The molecule has 7 atom stereocenters. The first-order valence-corrected chi connectivity index (χ1v) is 12.6. The van der Waals surface area contributed by atoms with Gasteiger partial charge in [-0.2, -0.15) is 0 Å². The molecular weight excluding hydrogens is 484 g/mol. The summed E-state index contributed by atoms with van der Waals surface area (Å²) < 4.78 is 11.9. The molecule has 2 saturated carbocycles. The number of aromatic carboxylic acids is 1. The van der Waals surface area contributed by atoms with Crippen molar-refractivity contribution in [1.29, 1.82) is 0 Å². The molecule has 0 amide bonds. The molecule has 1 aliphatic heterocycles. The summed E-state index contributed by atoms with van der Waals surface area (Å²) in [6.07, 6.45) is -3.05. The molecule has 3 fully saturated rings. The summed E-state index contributed by atoms with van der Waals surface area (Å²) in [5, 5.41) is 65.8. The van der Waals surface area contributed by atoms with E-state index in [1.807, 2.05) is 0 Å². The fourth-order valence-corrected chi connectivity index (χ4v) is 6.66. The minimum atomic E-state index is -1.91. The van der Waals surface area contributed by atoms with Crippen molar-refractivity contribution in [3.05, 3.63) is 34.9 Å². The molecule has 2 aromatic rings. The normalized spacial score (nSPS) is 35.5. The van der Waals surface area contributed by atoms with Crippen molar-refractivity contribution in [2.24, 2.45) is 5.92 Å². The quantitative estimate of drug-likeness (QED) is 0.330. The zero-order chi connectivity index (χ0) is 26.9. The number of aryl methyl sites for hydroxylation is 1. The van der Waals surface area contributed by atoms with Crippen LogP contribution in [0.1, 0.15) is 71.7 Å². The van der Waals surface area contributed by atoms with Crippen LogP contribution in [0.5, 0.6) is 11.5 Å². The number of fused-ring (bicyclic) bond motifs is 4. The van der Waals surface area contributed by atoms with Gasteiger partial charge in [-0.05, 0) is 68.5 Å². The van der Waals surface area contributed by atoms with Crippen molar-refractivity contribution in [2.45, 2.75) is 88.2 Å². The molecule has 1 saturated heterocycles. The van der Waals surface area contributed by atoms with Crippen LogP contribution in [0.25, 0.3) is 10.8 Å². The first-order valence-electron chi connectivity index (χ1n) is 12.6. The third-order valence-electron chi connectivity index (χ3n) is 8.49. The number of carbonyl (C=O) groups is 2. The van der Waals surface area contributed by atoms with Crippen molar-refractivity contribution in [2.75, 3.05) is 0 Å². The van der Waals surface area contributed by atoms with Crippen LogP contribution in [-0.2, 0) is 4.74 Å². The number of aliphatic hydroxyl groups excluding tert-OH is 2. The van der Waals surface area contributed by atoms with Gasteiger partial charge in [-0.1, -0.05) is 18.9 Å². The molecule has 2 aromatic carbocycles. The van der Waals surface area contributed by atoms with E-state index in [1.165, 1.54) is 13.0 Å². The zero-order valence-corrected chi connectivity index (χ0v) is 20.7. The fraction of sp³-hybridized carbons (Fsp3) is 0.556. The Morgan fingerprint density at radius 2 is 1.78 bits per heavy atom. The molecule has 10 heteroatoms. The number of ether oxygens (including phenoxy) is 2. The Morgan fingerprint density at radius 3 is 2.46 bits per heavy atom. The minimum Gasteiger partial charge on any atom is -0.506 e. The van der Waals surface area contributed by atoms with Gasteiger partial charge in [0, 0.05) is 0 Å². The first kappa shape index (κ1) is 25.9. The first-order chi connectivity index (χ1) is 17.4. The molecule has 2 aliphatic carbocycles. The highest BCUT2D eigenvalue weighted by Crippen LogP contribution is 2.52. The van der Waals surface area contributed by atoms with Gasteiger partial charge in [0.2, 0.25) is 6.29 Å². The van der Waals surface area contributed by atoms with E-state index in [0.29, 0.717) is 24.8 Å². The molecule has 0 unspecified atom stereocenters. The number of phenolic OH excluding ortho intramolecular Hbond substituents is 1. The number of rotatable bonds is 4. The number of benzene rings is 2. The number of aliphatic hydroxyl groups is 4. The second-order valence-electron chi connectivity index (χ2n) is 10.8. The average Bonchev–Trinajstić information content (AvgIpc) is 2.82. The van der Waals surface area contributed by atoms with Crippen molar-refractivity contribution in [3.63, 3.8) is 0 Å². The van der Waals surface area contributed by atoms with Crippen molar-refractivity contribution in [3.8, 4) is 11.5 Å². The van der Waals surface area contributed by atoms with Crippen LogP contribution in [0.3, 0.4) is 0 Å². The molecule has 5 rings (SSSR count). The van der Waals surface area contributed by atoms with Gasteiger partial charge in [0.05, 0.1) is 22.1 Å². The van der Waals surface area contributed by atoms with Gasteiger partial charge in [-0.25, -0.2) is 4.79 Å². The Hall–Kier alpha value is -2.76. The van der Waals surface area contributed by atoms with Gasteiger partial charge in [0.1, 0.15) is 35.4 Å². The lowest BCUT2D eigenvalue weighted by Gasteiger charge is -2.59. The highest BCUT2D eigenvalue weighted by atomic mass is 16.7. The molecule has 37 heavy (non-hydrogen) atoms. The monoisotopic (exact) mass is 516 g/mol. The molecule has 0 aromatic heterocycles. The number of phenols is 1. The molecule has 1 heterocycles. The van der Waals surface area contributed by atoms with Crippen LogP contribution < -0.4 is 4.74 Å². The number of aromatic hydroxyl groups is 1. The molecule has 3 aliphatic rings. The molecule has 0 spiro atoms. The third kappa shape index (κ3) is 3.90. The van der Waals surface area contributed by atoms with E-state index >= 15 is 0 Å². The van der Waals surface area contributed by atoms with Gasteiger partial charge in [0.15, 0.2) is 5.78 Å². The van der Waals surface area contributed by atoms with Gasteiger partial charge in [-0.3, -0.25) is 4.79 Å². The largest absolute Gasteiger partial charge is 0.506 e. The van der Waals surface area contributed by atoms with Gasteiger partial charge < -0.3 is 40.1 Å². The molecule has 200 valence electrons. The summed E-state index contributed by atoms with van der Waals surface area (Å²) in [5.74, 6) is -2.45. The average molecular weight is 517 g/mol. The van der Waals surface area contributed by atoms with E-state index in [-0.39, 0.29) is 40.0 Å². The van der Waals surface area contributed by atoms with E-state index in [2.05, 4.69) is 0 Å². The lowest BCUT2D eigenvalue weighted by Crippen LogP contribution is -2.76. The van der Waals surface area contributed by atoms with Crippen molar-refractivity contribution in [1.82, 2.24) is 0 Å². The second kappa shape index (κ2) is 8.92. The lowest BCUT2D eigenvalue weighted by atomic mass is 9.58. The number of hydrogen-bond donors (Lipinski definition) is 6. The van der Waals surface area contributed by atoms with Crippen LogP contribution >= 0.6 is 0 Å². The standard InChI is InChI=1S/C27H32O10/c1-12-9-14-10-15(23(32)33)11-17(19(14)20(29)18(12)13(2)28)36-24-21(30)22(31)27(35)8-6-16-5-3-4-7-26(16,34)25(27)37-24/h9-11,16,21-22,24-25,29-31,34-35H,3-8H2,1-2H3,(H,32,33)/t16-,21+,22+,24+,25+,26-,27-/m0/s1. The number of carbonyl (C=O) groups excluding carboxylic acids is 1. The van der Waals surface area contributed by atoms with E-state index < -0.39 is 53.3 Å². The number of Topliss-reactive ketones (excluding diaryl/α,β-unsaturated/α-hetero) is 1. The maximum Gasteiger partial charge on any atom is 0.335 e. The van der Waals surface area contributed by atoms with Gasteiger partial charge >= 0.3 is 5.97 Å². The lowest BCUT2D eigenvalue weighted by molar-refractivity contribution is -0.361. The maximum atomic E-state index is 12.2. The molecule has 10 nitrogen and oxygen atoms in total. The van der Waals surface area contributed by atoms with E-state index in [9.17, 15) is 40.2 Å². The van der Waals surface area contributed by atoms with Crippen molar-refractivity contribution < 1.29 is 49.7 Å². The summed E-state index contributed by atoms with van der Waals surface area (Å²) in [6, 6.07) is 4.00. The smallest absolute Gasteiger partial charge is 0.335 e. The van der Waals surface area contributed by atoms with Crippen LogP contribution in [-0.4, -0.2) is 78.2 Å². The third-order valence-corrected chi connectivity index (χ3v) is 8.49. The van der Waals surface area contributed by atoms with E-state index in [0.717, 1.165) is 18.9 Å². The Bertz CT molecular complexity index is 1270. The number of carboxylic acid groups (broad SMARTS) is 1. The number of ketones is 1. The van der Waals surface area contributed by atoms with Crippen molar-refractivity contribution >= 4 is 22.5 Å². The maximum absolute atomic E-state index is 12.2. The SMILES string of the molecule is CC(=O)c1c(C)cc2cc(C(=O)O)cc(O[C@@H]3O[C@H]4[C@](O)(CC[C@@H]5CCCC[C@]54O)[C@H](O)[C@H]3O)c2c1O. The second-order valence-corrected chi connectivity index (χ2v) is 10.8. The van der Waals surface area contributed by atoms with Crippen LogP contribution in [0, 0.1) is 12.8 Å². The topological polar surface area (TPSA) is 174 Å². The highest BCUT2D eigenvalue weighted by Gasteiger charge is 2.66. The Kier molecular flexibility index (Phi) is 6.24. The molecular formula is C27H32O10. The number of hydrogen-bond acceptors (Lipinski definition) is 9. The van der Waals surface area contributed by atoms with Crippen LogP contribution in [0.4, 0.5) is 0 Å². The molecule has 0 bridgehead atoms. The van der Waals surface area contributed by atoms with E-state index in [1.54, 1.807) is 13.0 Å². The summed E-state index contributed by atoms with van der Waals surface area (Å²) in [7, 11) is 0. The van der Waals surface area contributed by atoms with Crippen LogP contribution in [0.2, 0.25) is 0 Å².